The molecule has 0 aliphatic carbocycles. The number of amides is 6. The molecule has 1 aromatic rings. The van der Waals surface area contributed by atoms with E-state index in [9.17, 15) is 24.0 Å². The summed E-state index contributed by atoms with van der Waals surface area (Å²) < 4.78 is 0. The Kier molecular flexibility index (Phi) is 9.61. The molecule has 2 rings (SSSR count). The Hall–Kier alpha value is -3.63. The summed E-state index contributed by atoms with van der Waals surface area (Å²) in [6.45, 7) is 8.90. The van der Waals surface area contributed by atoms with Crippen LogP contribution in [-0.2, 0) is 14.4 Å². The van der Waals surface area contributed by atoms with E-state index in [-0.39, 0.29) is 31.8 Å². The van der Waals surface area contributed by atoms with Crippen molar-refractivity contribution < 1.29 is 29.1 Å². The molecule has 35 heavy (non-hydrogen) atoms. The van der Waals surface area contributed by atoms with Crippen molar-refractivity contribution in [3.8, 4) is 0 Å². The van der Waals surface area contributed by atoms with Gasteiger partial charge in [-0.3, -0.25) is 14.4 Å². The molecule has 1 fully saturated rings. The van der Waals surface area contributed by atoms with Gasteiger partial charge in [-0.25, -0.2) is 14.5 Å². The molecule has 1 aliphatic rings. The van der Waals surface area contributed by atoms with Crippen molar-refractivity contribution in [1.82, 2.24) is 20.4 Å². The molecule has 3 atom stereocenters. The highest BCUT2D eigenvalue weighted by Gasteiger charge is 2.47. The fraction of sp³-hybridized carbons (Fsp3) is 0.542. The van der Waals surface area contributed by atoms with Crippen molar-refractivity contribution >= 4 is 35.5 Å². The van der Waals surface area contributed by atoms with Crippen LogP contribution in [0, 0.1) is 12.8 Å². The number of hydrogen-bond donors (Lipinski definition) is 4. The molecule has 1 aromatic carbocycles. The molecule has 0 radical (unpaired) electrons. The first-order chi connectivity index (χ1) is 16.4. The Morgan fingerprint density at radius 3 is 2.37 bits per heavy atom. The monoisotopic (exact) mass is 489 g/mol. The molecule has 1 unspecified atom stereocenters. The summed E-state index contributed by atoms with van der Waals surface area (Å²) >= 11 is 0. The summed E-state index contributed by atoms with van der Waals surface area (Å²) in [4.78, 5) is 64.5. The molecule has 11 nitrogen and oxygen atoms in total. The number of benzene rings is 1. The minimum atomic E-state index is -1.06. The van der Waals surface area contributed by atoms with Crippen LogP contribution in [0.15, 0.2) is 24.3 Å². The highest BCUT2D eigenvalue weighted by Crippen LogP contribution is 2.24. The number of carbonyl (C=O) groups excluding carboxylic acids is 4. The lowest BCUT2D eigenvalue weighted by Gasteiger charge is -2.28. The van der Waals surface area contributed by atoms with Gasteiger partial charge >= 0.3 is 18.0 Å². The van der Waals surface area contributed by atoms with Gasteiger partial charge in [0, 0.05) is 24.8 Å². The van der Waals surface area contributed by atoms with Crippen molar-refractivity contribution in [2.24, 2.45) is 5.92 Å². The molecular weight excluding hydrogens is 454 g/mol. The molecule has 11 heteroatoms. The quantitative estimate of drug-likeness (QED) is 0.350. The second-order valence-electron chi connectivity index (χ2n) is 9.21. The molecule has 192 valence electrons. The molecular formula is C24H35N5O6. The number of aryl methyl sites for hydroxylation is 1. The minimum absolute atomic E-state index is 0.00251. The van der Waals surface area contributed by atoms with Gasteiger partial charge in [0.2, 0.25) is 5.91 Å². The van der Waals surface area contributed by atoms with Gasteiger partial charge in [0.1, 0.15) is 12.1 Å². The van der Waals surface area contributed by atoms with Crippen LogP contribution in [0.1, 0.15) is 46.1 Å². The van der Waals surface area contributed by atoms with Gasteiger partial charge in [-0.15, -0.1) is 0 Å². The van der Waals surface area contributed by atoms with E-state index in [1.54, 1.807) is 26.0 Å². The Morgan fingerprint density at radius 2 is 1.77 bits per heavy atom. The topological polar surface area (TPSA) is 148 Å². The number of nitrogens with zero attached hydrogens (tertiary/aromatic N) is 2. The SMILES string of the molecule is Cc1ccccc1NC(=O)NCCN1C(=O)N([C@@H](CC(C)C)C(=O)N[C@H](C)CC(=O)O)C(=O)C1C. The Labute approximate surface area is 205 Å². The zero-order valence-corrected chi connectivity index (χ0v) is 20.8. The third kappa shape index (κ3) is 7.43. The highest BCUT2D eigenvalue weighted by atomic mass is 16.4. The molecule has 0 aromatic heterocycles. The number of para-hydroxylation sites is 1. The molecule has 1 heterocycles. The van der Waals surface area contributed by atoms with E-state index >= 15 is 0 Å². The van der Waals surface area contributed by atoms with Gasteiger partial charge in [0.05, 0.1) is 6.42 Å². The molecule has 1 saturated heterocycles. The summed E-state index contributed by atoms with van der Waals surface area (Å²) in [6.07, 6.45) is -0.0401. The molecule has 1 aliphatic heterocycles. The molecule has 0 spiro atoms. The van der Waals surface area contributed by atoms with Crippen molar-refractivity contribution in [1.29, 1.82) is 0 Å². The summed E-state index contributed by atoms with van der Waals surface area (Å²) in [5, 5.41) is 17.0. The van der Waals surface area contributed by atoms with Crippen LogP contribution in [0.5, 0.6) is 0 Å². The van der Waals surface area contributed by atoms with E-state index in [4.69, 9.17) is 5.11 Å². The summed E-state index contributed by atoms with van der Waals surface area (Å²) in [5.41, 5.74) is 1.57. The predicted octanol–water partition coefficient (Wildman–Crippen LogP) is 2.16. The lowest BCUT2D eigenvalue weighted by Crippen LogP contribution is -2.52. The smallest absolute Gasteiger partial charge is 0.328 e. The average molecular weight is 490 g/mol. The number of hydrogen-bond acceptors (Lipinski definition) is 5. The van der Waals surface area contributed by atoms with Crippen LogP contribution in [0.2, 0.25) is 0 Å². The standard InChI is InChI=1S/C24H35N5O6/c1-14(2)12-19(21(32)26-16(4)13-20(30)31)29-22(33)17(5)28(24(29)35)11-10-25-23(34)27-18-9-7-6-8-15(18)3/h6-9,14,16-17,19H,10-13H2,1-5H3,(H,26,32)(H,30,31)(H2,25,27,34)/t16-,17?,19+/m1/s1. The number of nitrogens with one attached hydrogen (secondary N) is 3. The van der Waals surface area contributed by atoms with Gasteiger partial charge in [-0.1, -0.05) is 32.0 Å². The van der Waals surface area contributed by atoms with E-state index in [1.165, 1.54) is 4.90 Å². The van der Waals surface area contributed by atoms with Gasteiger partial charge in [-0.2, -0.15) is 0 Å². The van der Waals surface area contributed by atoms with Crippen LogP contribution in [0.3, 0.4) is 0 Å². The predicted molar refractivity (Wildman–Crippen MR) is 130 cm³/mol. The number of rotatable bonds is 11. The second kappa shape index (κ2) is 12.2. The lowest BCUT2D eigenvalue weighted by molar-refractivity contribution is -0.139. The molecule has 0 bridgehead atoms. The number of carbonyl (C=O) groups is 5. The van der Waals surface area contributed by atoms with Crippen LogP contribution in [0.25, 0.3) is 0 Å². The maximum absolute atomic E-state index is 13.2. The summed E-state index contributed by atoms with van der Waals surface area (Å²) in [6, 6.07) is 3.73. The van der Waals surface area contributed by atoms with Crippen molar-refractivity contribution in [3.05, 3.63) is 29.8 Å². The Balaban J connectivity index is 2.04. The van der Waals surface area contributed by atoms with Crippen LogP contribution < -0.4 is 16.0 Å². The minimum Gasteiger partial charge on any atom is -0.481 e. The van der Waals surface area contributed by atoms with Crippen molar-refractivity contribution in [2.75, 3.05) is 18.4 Å². The van der Waals surface area contributed by atoms with Gasteiger partial charge in [0.25, 0.3) is 5.91 Å². The normalized spacial score (nSPS) is 17.4. The number of aliphatic carboxylic acids is 1. The lowest BCUT2D eigenvalue weighted by atomic mass is 10.0. The summed E-state index contributed by atoms with van der Waals surface area (Å²) in [5.74, 6) is -2.15. The molecule has 4 N–H and O–H groups in total. The maximum atomic E-state index is 13.2. The van der Waals surface area contributed by atoms with Crippen molar-refractivity contribution in [3.63, 3.8) is 0 Å². The van der Waals surface area contributed by atoms with Gasteiger partial charge < -0.3 is 26.0 Å². The first kappa shape index (κ1) is 27.6. The van der Waals surface area contributed by atoms with Gasteiger partial charge in [-0.05, 0) is 44.7 Å². The van der Waals surface area contributed by atoms with Crippen molar-refractivity contribution in [2.45, 2.75) is 65.6 Å². The van der Waals surface area contributed by atoms with Crippen LogP contribution >= 0.6 is 0 Å². The fourth-order valence-electron chi connectivity index (χ4n) is 3.91. The number of anilines is 1. The fourth-order valence-corrected chi connectivity index (χ4v) is 3.91. The third-order valence-electron chi connectivity index (χ3n) is 5.72. The number of urea groups is 2. The first-order valence-corrected chi connectivity index (χ1v) is 11.7. The van der Waals surface area contributed by atoms with E-state index in [0.717, 1.165) is 10.5 Å². The average Bonchev–Trinajstić information content (AvgIpc) is 2.96. The Bertz CT molecular complexity index is 965. The van der Waals surface area contributed by atoms with E-state index in [1.807, 2.05) is 32.9 Å². The molecule has 6 amide bonds. The van der Waals surface area contributed by atoms with Crippen LogP contribution in [0.4, 0.5) is 15.3 Å². The van der Waals surface area contributed by atoms with E-state index in [0.29, 0.717) is 5.69 Å². The summed E-state index contributed by atoms with van der Waals surface area (Å²) in [7, 11) is 0. The Morgan fingerprint density at radius 1 is 1.11 bits per heavy atom. The first-order valence-electron chi connectivity index (χ1n) is 11.7. The third-order valence-corrected chi connectivity index (χ3v) is 5.72. The number of carboxylic acids is 1. The van der Waals surface area contributed by atoms with E-state index in [2.05, 4.69) is 16.0 Å². The number of carboxylic acid groups (broad SMARTS) is 1. The largest absolute Gasteiger partial charge is 0.481 e. The maximum Gasteiger partial charge on any atom is 0.328 e. The van der Waals surface area contributed by atoms with E-state index < -0.39 is 48.0 Å². The zero-order chi connectivity index (χ0) is 26.3. The van der Waals surface area contributed by atoms with Gasteiger partial charge in [0.15, 0.2) is 0 Å². The zero-order valence-electron chi connectivity index (χ0n) is 20.8. The number of imide groups is 1. The second-order valence-corrected chi connectivity index (χ2v) is 9.21. The highest BCUT2D eigenvalue weighted by molar-refractivity contribution is 6.07. The van der Waals surface area contributed by atoms with Crippen LogP contribution in [-0.4, -0.2) is 76.0 Å². The molecule has 0 saturated carbocycles.